The van der Waals surface area contributed by atoms with Gasteiger partial charge in [0.25, 0.3) is 0 Å². The van der Waals surface area contributed by atoms with E-state index in [4.69, 9.17) is 9.97 Å². The van der Waals surface area contributed by atoms with Gasteiger partial charge in [-0.2, -0.15) is 0 Å². The normalized spacial score (nSPS) is 14.2. The van der Waals surface area contributed by atoms with E-state index >= 15 is 0 Å². The first kappa shape index (κ1) is 16.5. The van der Waals surface area contributed by atoms with Crippen LogP contribution in [0.5, 0.6) is 0 Å². The van der Waals surface area contributed by atoms with Crippen LogP contribution in [0.15, 0.2) is 65.3 Å². The lowest BCUT2D eigenvalue weighted by Gasteiger charge is -2.17. The number of benzene rings is 2. The fraction of sp³-hybridized carbons (Fsp3) is 0.182. The molecule has 0 bridgehead atoms. The molecule has 1 aliphatic heterocycles. The van der Waals surface area contributed by atoms with E-state index < -0.39 is 0 Å². The third-order valence-electron chi connectivity index (χ3n) is 5.11. The molecule has 5 rings (SSSR count). The fourth-order valence-corrected chi connectivity index (χ4v) is 3.95. The van der Waals surface area contributed by atoms with Crippen molar-refractivity contribution in [1.82, 2.24) is 15.0 Å². The van der Waals surface area contributed by atoms with Gasteiger partial charge in [-0.25, -0.2) is 9.97 Å². The highest BCUT2D eigenvalue weighted by Gasteiger charge is 2.18. The first-order valence-corrected chi connectivity index (χ1v) is 10.0. The van der Waals surface area contributed by atoms with Crippen LogP contribution < -0.4 is 4.90 Å². The number of nitrogens with zero attached hydrogens (tertiary/aromatic N) is 3. The Morgan fingerprint density at radius 2 is 1.63 bits per heavy atom. The minimum absolute atomic E-state index is 0.827. The number of H-pyrrole nitrogens is 1. The summed E-state index contributed by atoms with van der Waals surface area (Å²) in [5.74, 6) is 0.827. The van der Waals surface area contributed by atoms with Gasteiger partial charge in [0.2, 0.25) is 5.95 Å². The maximum Gasteiger partial charge on any atom is 0.226 e. The zero-order chi connectivity index (χ0) is 18.2. The van der Waals surface area contributed by atoms with E-state index in [9.17, 15) is 0 Å². The van der Waals surface area contributed by atoms with Crippen LogP contribution in [0.1, 0.15) is 12.8 Å². The van der Waals surface area contributed by atoms with E-state index in [-0.39, 0.29) is 0 Å². The standard InChI is InChI=1S/C22H19BrN4/c23-16-9-7-15(8-10-16)20-13-21(26-22(25-20)27-11-3-4-12-27)18-14-24-19-6-2-1-5-17(18)19/h1-2,5-10,13-14,24H,3-4,11-12H2. The molecule has 1 N–H and O–H groups in total. The molecule has 0 spiro atoms. The van der Waals surface area contributed by atoms with Gasteiger partial charge >= 0.3 is 0 Å². The minimum atomic E-state index is 0.827. The summed E-state index contributed by atoms with van der Waals surface area (Å²) < 4.78 is 1.07. The number of aromatic amines is 1. The van der Waals surface area contributed by atoms with Crippen LogP contribution in [0.2, 0.25) is 0 Å². The lowest BCUT2D eigenvalue weighted by molar-refractivity contribution is 0.902. The SMILES string of the molecule is Brc1ccc(-c2cc(-c3c[nH]c4ccccc34)nc(N3CCCC3)n2)cc1. The molecular formula is C22H19BrN4. The van der Waals surface area contributed by atoms with Crippen LogP contribution in [-0.2, 0) is 0 Å². The van der Waals surface area contributed by atoms with Gasteiger partial charge in [-0.15, -0.1) is 0 Å². The molecule has 134 valence electrons. The molecule has 0 radical (unpaired) electrons. The van der Waals surface area contributed by atoms with Crippen molar-refractivity contribution in [1.29, 1.82) is 0 Å². The molecule has 1 fully saturated rings. The van der Waals surface area contributed by atoms with Crippen LogP contribution in [0.25, 0.3) is 33.4 Å². The second-order valence-electron chi connectivity index (χ2n) is 6.89. The summed E-state index contributed by atoms with van der Waals surface area (Å²) in [6.45, 7) is 2.05. The summed E-state index contributed by atoms with van der Waals surface area (Å²) >= 11 is 3.51. The Kier molecular flexibility index (Phi) is 4.17. The molecule has 2 aromatic carbocycles. The number of anilines is 1. The number of hydrogen-bond donors (Lipinski definition) is 1. The third-order valence-corrected chi connectivity index (χ3v) is 5.64. The second-order valence-corrected chi connectivity index (χ2v) is 7.80. The molecular weight excluding hydrogens is 400 g/mol. The Balaban J connectivity index is 1.69. The number of para-hydroxylation sites is 1. The molecule has 27 heavy (non-hydrogen) atoms. The largest absolute Gasteiger partial charge is 0.360 e. The van der Waals surface area contributed by atoms with E-state index in [2.05, 4.69) is 74.3 Å². The Labute approximate surface area is 166 Å². The summed E-state index contributed by atoms with van der Waals surface area (Å²) in [6.07, 6.45) is 4.45. The van der Waals surface area contributed by atoms with Crippen LogP contribution in [-0.4, -0.2) is 28.0 Å². The first-order valence-electron chi connectivity index (χ1n) is 9.24. The van der Waals surface area contributed by atoms with Crippen LogP contribution in [0, 0.1) is 0 Å². The molecule has 3 heterocycles. The van der Waals surface area contributed by atoms with E-state index in [0.717, 1.165) is 51.5 Å². The highest BCUT2D eigenvalue weighted by Crippen LogP contribution is 2.32. The molecule has 0 aliphatic carbocycles. The highest BCUT2D eigenvalue weighted by molar-refractivity contribution is 9.10. The first-order chi connectivity index (χ1) is 13.3. The monoisotopic (exact) mass is 418 g/mol. The smallest absolute Gasteiger partial charge is 0.226 e. The Morgan fingerprint density at radius 1 is 0.889 bits per heavy atom. The Hall–Kier alpha value is -2.66. The Bertz CT molecular complexity index is 1090. The fourth-order valence-electron chi connectivity index (χ4n) is 3.68. The van der Waals surface area contributed by atoms with Crippen molar-refractivity contribution in [3.63, 3.8) is 0 Å². The van der Waals surface area contributed by atoms with Crippen molar-refractivity contribution in [2.45, 2.75) is 12.8 Å². The predicted molar refractivity (Wildman–Crippen MR) is 114 cm³/mol. The highest BCUT2D eigenvalue weighted by atomic mass is 79.9. The van der Waals surface area contributed by atoms with E-state index in [1.54, 1.807) is 0 Å². The molecule has 1 saturated heterocycles. The second kappa shape index (κ2) is 6.82. The van der Waals surface area contributed by atoms with Gasteiger partial charge in [-0.1, -0.05) is 46.3 Å². The summed E-state index contributed by atoms with van der Waals surface area (Å²) in [5, 5.41) is 1.19. The number of hydrogen-bond acceptors (Lipinski definition) is 3. The van der Waals surface area contributed by atoms with Crippen LogP contribution in [0.3, 0.4) is 0 Å². The summed E-state index contributed by atoms with van der Waals surface area (Å²) in [7, 11) is 0. The molecule has 1 aliphatic rings. The maximum atomic E-state index is 4.94. The number of aromatic nitrogens is 3. The summed E-state index contributed by atoms with van der Waals surface area (Å²) in [4.78, 5) is 15.5. The van der Waals surface area contributed by atoms with Gasteiger partial charge in [0.15, 0.2) is 0 Å². The number of halogens is 1. The molecule has 0 amide bonds. The predicted octanol–water partition coefficient (Wildman–Crippen LogP) is 5.65. The van der Waals surface area contributed by atoms with E-state index in [1.165, 1.54) is 18.2 Å². The zero-order valence-electron chi connectivity index (χ0n) is 14.8. The van der Waals surface area contributed by atoms with Gasteiger partial charge < -0.3 is 9.88 Å². The summed E-state index contributed by atoms with van der Waals surface area (Å²) in [5.41, 5.74) is 5.26. The van der Waals surface area contributed by atoms with Crippen molar-refractivity contribution in [3.8, 4) is 22.5 Å². The van der Waals surface area contributed by atoms with Gasteiger partial charge in [-0.3, -0.25) is 0 Å². The minimum Gasteiger partial charge on any atom is -0.360 e. The zero-order valence-corrected chi connectivity index (χ0v) is 16.4. The van der Waals surface area contributed by atoms with Crippen molar-refractivity contribution < 1.29 is 0 Å². The van der Waals surface area contributed by atoms with Gasteiger partial charge in [-0.05, 0) is 37.1 Å². The molecule has 0 unspecified atom stereocenters. The average Bonchev–Trinajstić information content (AvgIpc) is 3.38. The van der Waals surface area contributed by atoms with Crippen LogP contribution >= 0.6 is 15.9 Å². The lowest BCUT2D eigenvalue weighted by atomic mass is 10.1. The van der Waals surface area contributed by atoms with Crippen molar-refractivity contribution >= 4 is 32.8 Å². The van der Waals surface area contributed by atoms with Crippen LogP contribution in [0.4, 0.5) is 5.95 Å². The topological polar surface area (TPSA) is 44.8 Å². The number of nitrogens with one attached hydrogen (secondary N) is 1. The molecule has 4 nitrogen and oxygen atoms in total. The van der Waals surface area contributed by atoms with Crippen molar-refractivity contribution in [2.24, 2.45) is 0 Å². The molecule has 0 saturated carbocycles. The van der Waals surface area contributed by atoms with Crippen molar-refractivity contribution in [3.05, 3.63) is 65.3 Å². The molecule has 5 heteroatoms. The van der Waals surface area contributed by atoms with E-state index in [0.29, 0.717) is 0 Å². The molecule has 2 aromatic heterocycles. The number of fused-ring (bicyclic) bond motifs is 1. The van der Waals surface area contributed by atoms with E-state index in [1.807, 2.05) is 12.3 Å². The third kappa shape index (κ3) is 3.12. The van der Waals surface area contributed by atoms with Crippen molar-refractivity contribution in [2.75, 3.05) is 18.0 Å². The van der Waals surface area contributed by atoms with Gasteiger partial charge in [0.05, 0.1) is 11.4 Å². The average molecular weight is 419 g/mol. The van der Waals surface area contributed by atoms with Gasteiger partial charge in [0.1, 0.15) is 0 Å². The quantitative estimate of drug-likeness (QED) is 0.467. The Morgan fingerprint density at radius 3 is 2.44 bits per heavy atom. The number of rotatable bonds is 3. The molecule has 0 atom stereocenters. The van der Waals surface area contributed by atoms with Gasteiger partial charge in [0, 0.05) is 45.8 Å². The summed E-state index contributed by atoms with van der Waals surface area (Å²) in [6, 6.07) is 18.7. The lowest BCUT2D eigenvalue weighted by Crippen LogP contribution is -2.20. The maximum absolute atomic E-state index is 4.94. The molecule has 4 aromatic rings.